The predicted octanol–water partition coefficient (Wildman–Crippen LogP) is 3.52. The summed E-state index contributed by atoms with van der Waals surface area (Å²) in [7, 11) is 0. The second kappa shape index (κ2) is 5.89. The zero-order valence-corrected chi connectivity index (χ0v) is 11.6. The number of hydrogen-bond donors (Lipinski definition) is 1. The summed E-state index contributed by atoms with van der Waals surface area (Å²) in [6.45, 7) is 3.95. The molecular weight excluding hydrogens is 264 g/mol. The van der Waals surface area contributed by atoms with Crippen LogP contribution in [0.25, 0.3) is 11.3 Å². The minimum Gasteiger partial charge on any atom is -0.355 e. The Morgan fingerprint density at radius 2 is 2.26 bits per heavy atom. The Kier molecular flexibility index (Phi) is 4.22. The van der Waals surface area contributed by atoms with Crippen molar-refractivity contribution in [2.45, 2.75) is 26.3 Å². The van der Waals surface area contributed by atoms with Crippen LogP contribution in [0.4, 0.5) is 0 Å². The van der Waals surface area contributed by atoms with Crippen molar-refractivity contribution in [3.8, 4) is 11.3 Å². The number of carbonyl (C=O) groups excluding carboxylic acids is 1. The van der Waals surface area contributed by atoms with E-state index in [1.54, 1.807) is 18.2 Å². The molecule has 0 aliphatic rings. The lowest BCUT2D eigenvalue weighted by Crippen LogP contribution is -2.32. The Balaban J connectivity index is 2.17. The van der Waals surface area contributed by atoms with Crippen LogP contribution in [0.15, 0.2) is 34.9 Å². The van der Waals surface area contributed by atoms with Gasteiger partial charge in [0.25, 0.3) is 5.91 Å². The summed E-state index contributed by atoms with van der Waals surface area (Å²) >= 11 is 5.91. The molecule has 1 unspecified atom stereocenters. The lowest BCUT2D eigenvalue weighted by atomic mass is 10.1. The number of nitrogens with one attached hydrogen (secondary N) is 1. The average Bonchev–Trinajstić information content (AvgIpc) is 2.88. The molecule has 4 nitrogen and oxygen atoms in total. The van der Waals surface area contributed by atoms with E-state index in [0.717, 1.165) is 12.0 Å². The number of halogens is 1. The minimum atomic E-state index is -0.230. The van der Waals surface area contributed by atoms with E-state index in [1.807, 2.05) is 26.0 Å². The van der Waals surface area contributed by atoms with Crippen molar-refractivity contribution in [3.05, 3.63) is 41.0 Å². The second-order valence-corrected chi connectivity index (χ2v) is 4.81. The number of rotatable bonds is 4. The summed E-state index contributed by atoms with van der Waals surface area (Å²) in [5, 5.41) is 7.22. The quantitative estimate of drug-likeness (QED) is 0.931. The molecule has 2 aromatic rings. The largest absolute Gasteiger partial charge is 0.355 e. The highest BCUT2D eigenvalue weighted by Crippen LogP contribution is 2.23. The van der Waals surface area contributed by atoms with Gasteiger partial charge in [0.15, 0.2) is 11.5 Å². The summed E-state index contributed by atoms with van der Waals surface area (Å²) < 4.78 is 5.17. The second-order valence-electron chi connectivity index (χ2n) is 4.37. The molecule has 1 N–H and O–H groups in total. The van der Waals surface area contributed by atoms with Gasteiger partial charge in [0, 0.05) is 22.7 Å². The summed E-state index contributed by atoms with van der Waals surface area (Å²) in [5.41, 5.74) is 1.07. The van der Waals surface area contributed by atoms with E-state index in [-0.39, 0.29) is 17.6 Å². The first-order valence-corrected chi connectivity index (χ1v) is 6.51. The van der Waals surface area contributed by atoms with E-state index < -0.39 is 0 Å². The summed E-state index contributed by atoms with van der Waals surface area (Å²) in [5.74, 6) is 0.295. The highest BCUT2D eigenvalue weighted by Gasteiger charge is 2.15. The Labute approximate surface area is 116 Å². The Bertz CT molecular complexity index is 580. The standard InChI is InChI=1S/C14H15ClN2O2/c1-3-9(2)16-14(18)12-8-13(19-17-12)10-5-4-6-11(15)7-10/h4-9H,3H2,1-2H3,(H,16,18). The molecule has 100 valence electrons. The van der Waals surface area contributed by atoms with Crippen molar-refractivity contribution in [2.24, 2.45) is 0 Å². The highest BCUT2D eigenvalue weighted by molar-refractivity contribution is 6.30. The Morgan fingerprint density at radius 3 is 2.95 bits per heavy atom. The molecule has 0 aliphatic heterocycles. The SMILES string of the molecule is CCC(C)NC(=O)c1cc(-c2cccc(Cl)c2)on1. The molecule has 1 heterocycles. The van der Waals surface area contributed by atoms with Crippen molar-refractivity contribution in [2.75, 3.05) is 0 Å². The maximum Gasteiger partial charge on any atom is 0.273 e. The maximum absolute atomic E-state index is 11.9. The van der Waals surface area contributed by atoms with Crippen LogP contribution in [-0.4, -0.2) is 17.1 Å². The van der Waals surface area contributed by atoms with E-state index in [9.17, 15) is 4.79 Å². The Hall–Kier alpha value is -1.81. The molecule has 2 rings (SSSR count). The van der Waals surface area contributed by atoms with Crippen LogP contribution in [0.1, 0.15) is 30.8 Å². The molecule has 0 bridgehead atoms. The fourth-order valence-corrected chi connectivity index (χ4v) is 1.75. The fourth-order valence-electron chi connectivity index (χ4n) is 1.56. The lowest BCUT2D eigenvalue weighted by Gasteiger charge is -2.08. The highest BCUT2D eigenvalue weighted by atomic mass is 35.5. The molecule has 1 aromatic carbocycles. The summed E-state index contributed by atoms with van der Waals surface area (Å²) in [6, 6.07) is 8.93. The first-order valence-electron chi connectivity index (χ1n) is 6.13. The molecule has 0 saturated heterocycles. The van der Waals surface area contributed by atoms with Gasteiger partial charge in [-0.15, -0.1) is 0 Å². The fraction of sp³-hybridized carbons (Fsp3) is 0.286. The van der Waals surface area contributed by atoms with Crippen LogP contribution < -0.4 is 5.32 Å². The van der Waals surface area contributed by atoms with E-state index in [2.05, 4.69) is 10.5 Å². The molecule has 1 aromatic heterocycles. The normalized spacial score (nSPS) is 12.2. The molecule has 0 saturated carbocycles. The van der Waals surface area contributed by atoms with Gasteiger partial charge in [-0.2, -0.15) is 0 Å². The van der Waals surface area contributed by atoms with E-state index in [0.29, 0.717) is 10.8 Å². The van der Waals surface area contributed by atoms with Crippen molar-refractivity contribution in [3.63, 3.8) is 0 Å². The number of nitrogens with zero attached hydrogens (tertiary/aromatic N) is 1. The average molecular weight is 279 g/mol. The van der Waals surface area contributed by atoms with Crippen LogP contribution in [0.3, 0.4) is 0 Å². The smallest absolute Gasteiger partial charge is 0.273 e. The third-order valence-corrected chi connectivity index (χ3v) is 3.08. The van der Waals surface area contributed by atoms with Crippen molar-refractivity contribution >= 4 is 17.5 Å². The molecular formula is C14H15ClN2O2. The topological polar surface area (TPSA) is 55.1 Å². The number of carbonyl (C=O) groups is 1. The zero-order chi connectivity index (χ0) is 13.8. The number of aromatic nitrogens is 1. The van der Waals surface area contributed by atoms with Gasteiger partial charge in [-0.3, -0.25) is 4.79 Å². The summed E-state index contributed by atoms with van der Waals surface area (Å²) in [6.07, 6.45) is 0.866. The first kappa shape index (κ1) is 13.6. The number of amides is 1. The van der Waals surface area contributed by atoms with Crippen LogP contribution in [-0.2, 0) is 0 Å². The molecule has 0 fully saturated rings. The van der Waals surface area contributed by atoms with Crippen molar-refractivity contribution < 1.29 is 9.32 Å². The molecule has 5 heteroatoms. The molecule has 0 radical (unpaired) electrons. The third-order valence-electron chi connectivity index (χ3n) is 2.84. The van der Waals surface area contributed by atoms with E-state index in [1.165, 1.54) is 0 Å². The minimum absolute atomic E-state index is 0.110. The zero-order valence-electron chi connectivity index (χ0n) is 10.8. The molecule has 19 heavy (non-hydrogen) atoms. The van der Waals surface area contributed by atoms with Gasteiger partial charge >= 0.3 is 0 Å². The van der Waals surface area contributed by atoms with Crippen molar-refractivity contribution in [1.29, 1.82) is 0 Å². The molecule has 0 spiro atoms. The lowest BCUT2D eigenvalue weighted by molar-refractivity contribution is 0.0930. The van der Waals surface area contributed by atoms with Gasteiger partial charge in [0.2, 0.25) is 0 Å². The monoisotopic (exact) mass is 278 g/mol. The first-order chi connectivity index (χ1) is 9.10. The van der Waals surface area contributed by atoms with Crippen molar-refractivity contribution in [1.82, 2.24) is 10.5 Å². The predicted molar refractivity (Wildman–Crippen MR) is 74.2 cm³/mol. The third kappa shape index (κ3) is 3.35. The van der Waals surface area contributed by atoms with Gasteiger partial charge in [-0.1, -0.05) is 35.8 Å². The summed E-state index contributed by atoms with van der Waals surface area (Å²) in [4.78, 5) is 11.9. The van der Waals surface area contributed by atoms with Gasteiger partial charge in [-0.25, -0.2) is 0 Å². The van der Waals surface area contributed by atoms with Crippen LogP contribution in [0, 0.1) is 0 Å². The molecule has 1 atom stereocenters. The van der Waals surface area contributed by atoms with Crippen LogP contribution in [0.2, 0.25) is 5.02 Å². The number of hydrogen-bond acceptors (Lipinski definition) is 3. The van der Waals surface area contributed by atoms with Gasteiger partial charge in [0.1, 0.15) is 0 Å². The van der Waals surface area contributed by atoms with E-state index >= 15 is 0 Å². The Morgan fingerprint density at radius 1 is 1.47 bits per heavy atom. The van der Waals surface area contributed by atoms with Crippen LogP contribution >= 0.6 is 11.6 Å². The maximum atomic E-state index is 11.9. The number of benzene rings is 1. The molecule has 0 aliphatic carbocycles. The van der Waals surface area contributed by atoms with Gasteiger partial charge in [-0.05, 0) is 25.5 Å². The van der Waals surface area contributed by atoms with Gasteiger partial charge in [0.05, 0.1) is 0 Å². The van der Waals surface area contributed by atoms with E-state index in [4.69, 9.17) is 16.1 Å². The molecule has 1 amide bonds. The van der Waals surface area contributed by atoms with Crippen LogP contribution in [0.5, 0.6) is 0 Å². The van der Waals surface area contributed by atoms with Gasteiger partial charge < -0.3 is 9.84 Å².